The lowest BCUT2D eigenvalue weighted by Gasteiger charge is -2.35. The lowest BCUT2D eigenvalue weighted by Crippen LogP contribution is -2.50. The van der Waals surface area contributed by atoms with Crippen molar-refractivity contribution in [1.29, 1.82) is 0 Å². The summed E-state index contributed by atoms with van der Waals surface area (Å²) in [5.41, 5.74) is 3.34. The van der Waals surface area contributed by atoms with Crippen molar-refractivity contribution in [2.75, 3.05) is 18.1 Å². The van der Waals surface area contributed by atoms with Gasteiger partial charge in [-0.05, 0) is 38.1 Å². The predicted molar refractivity (Wildman–Crippen MR) is 121 cm³/mol. The molecule has 0 radical (unpaired) electrons. The fraction of sp³-hybridized carbons (Fsp3) is 0.250. The van der Waals surface area contributed by atoms with Crippen molar-refractivity contribution in [3.63, 3.8) is 0 Å². The molecule has 2 aromatic rings. The van der Waals surface area contributed by atoms with Crippen LogP contribution in [0.2, 0.25) is 0 Å². The van der Waals surface area contributed by atoms with E-state index in [1.54, 1.807) is 59.5 Å². The molecule has 0 aromatic heterocycles. The van der Waals surface area contributed by atoms with Gasteiger partial charge in [-0.1, -0.05) is 42.0 Å². The predicted octanol–water partition coefficient (Wildman–Crippen LogP) is 2.27. The van der Waals surface area contributed by atoms with Crippen LogP contribution in [0, 0.1) is 0 Å². The summed E-state index contributed by atoms with van der Waals surface area (Å²) in [6.07, 6.45) is 0.939. The SMILES string of the molecule is CC1CN(C(=O)C(/C=C2\C(=O)ONN2c2ccccc2)=NC(=O)c2ccccc2)CC(C)O1. The number of nitrogens with zero attached hydrogens (tertiary/aromatic N) is 3. The van der Waals surface area contributed by atoms with Crippen LogP contribution < -0.4 is 10.6 Å². The van der Waals surface area contributed by atoms with E-state index in [4.69, 9.17) is 9.57 Å². The zero-order valence-corrected chi connectivity index (χ0v) is 18.3. The minimum Gasteiger partial charge on any atom is -0.372 e. The molecular weight excluding hydrogens is 424 g/mol. The number of hydrazine groups is 1. The quantitative estimate of drug-likeness (QED) is 0.566. The maximum absolute atomic E-state index is 13.4. The molecule has 2 unspecified atom stereocenters. The smallest absolute Gasteiger partial charge is 0.372 e. The van der Waals surface area contributed by atoms with Gasteiger partial charge in [-0.15, -0.1) is 0 Å². The van der Waals surface area contributed by atoms with E-state index in [9.17, 15) is 14.4 Å². The van der Waals surface area contributed by atoms with Gasteiger partial charge in [0, 0.05) is 24.7 Å². The molecule has 0 aliphatic carbocycles. The number of carbonyl (C=O) groups excluding carboxylic acids is 3. The molecule has 2 aliphatic rings. The van der Waals surface area contributed by atoms with Gasteiger partial charge in [-0.25, -0.2) is 14.8 Å². The van der Waals surface area contributed by atoms with Crippen LogP contribution in [0.3, 0.4) is 0 Å². The van der Waals surface area contributed by atoms with Crippen LogP contribution in [-0.4, -0.2) is 53.7 Å². The van der Waals surface area contributed by atoms with Crippen molar-refractivity contribution >= 4 is 29.2 Å². The Morgan fingerprint density at radius 2 is 1.61 bits per heavy atom. The zero-order chi connectivity index (χ0) is 23.4. The van der Waals surface area contributed by atoms with Gasteiger partial charge in [0.05, 0.1) is 17.9 Å². The Bertz CT molecular complexity index is 1090. The summed E-state index contributed by atoms with van der Waals surface area (Å²) in [4.78, 5) is 49.4. The van der Waals surface area contributed by atoms with E-state index in [0.717, 1.165) is 0 Å². The van der Waals surface area contributed by atoms with Crippen LogP contribution in [0.5, 0.6) is 0 Å². The van der Waals surface area contributed by atoms with Gasteiger partial charge in [0.2, 0.25) is 0 Å². The highest BCUT2D eigenvalue weighted by molar-refractivity contribution is 6.45. The molecule has 2 amide bonds. The van der Waals surface area contributed by atoms with Crippen LogP contribution in [0.1, 0.15) is 24.2 Å². The number of ether oxygens (including phenoxy) is 1. The van der Waals surface area contributed by atoms with Gasteiger partial charge >= 0.3 is 5.97 Å². The molecule has 2 atom stereocenters. The number of anilines is 1. The Morgan fingerprint density at radius 3 is 2.24 bits per heavy atom. The molecule has 2 heterocycles. The molecule has 33 heavy (non-hydrogen) atoms. The molecule has 9 heteroatoms. The highest BCUT2D eigenvalue weighted by Gasteiger charge is 2.33. The number of hydrogen-bond donors (Lipinski definition) is 1. The zero-order valence-electron chi connectivity index (χ0n) is 18.3. The lowest BCUT2D eigenvalue weighted by atomic mass is 10.1. The van der Waals surface area contributed by atoms with E-state index >= 15 is 0 Å². The number of carbonyl (C=O) groups is 3. The minimum atomic E-state index is -0.699. The van der Waals surface area contributed by atoms with Gasteiger partial charge in [0.15, 0.2) is 5.70 Å². The van der Waals surface area contributed by atoms with Crippen molar-refractivity contribution in [2.24, 2.45) is 4.99 Å². The van der Waals surface area contributed by atoms with Gasteiger partial charge in [-0.3, -0.25) is 9.59 Å². The summed E-state index contributed by atoms with van der Waals surface area (Å²) in [6, 6.07) is 17.4. The Kier molecular flexibility index (Phi) is 6.62. The second-order valence-corrected chi connectivity index (χ2v) is 7.82. The summed E-state index contributed by atoms with van der Waals surface area (Å²) in [5, 5.41) is 1.39. The Balaban J connectivity index is 1.73. The molecule has 1 N–H and O–H groups in total. The van der Waals surface area contributed by atoms with Crippen molar-refractivity contribution in [3.05, 3.63) is 78.0 Å². The highest BCUT2D eigenvalue weighted by atomic mass is 16.7. The molecule has 2 fully saturated rings. The fourth-order valence-corrected chi connectivity index (χ4v) is 3.70. The molecule has 170 valence electrons. The van der Waals surface area contributed by atoms with Crippen molar-refractivity contribution in [3.8, 4) is 0 Å². The first-order valence-electron chi connectivity index (χ1n) is 10.6. The number of amides is 2. The fourth-order valence-electron chi connectivity index (χ4n) is 3.70. The summed E-state index contributed by atoms with van der Waals surface area (Å²) < 4.78 is 5.71. The van der Waals surface area contributed by atoms with Crippen molar-refractivity contribution in [1.82, 2.24) is 10.5 Å². The average Bonchev–Trinajstić information content (AvgIpc) is 3.18. The monoisotopic (exact) mass is 448 g/mol. The van der Waals surface area contributed by atoms with E-state index in [0.29, 0.717) is 24.3 Å². The number of hydrogen-bond acceptors (Lipinski definition) is 7. The third-order valence-corrected chi connectivity index (χ3v) is 5.14. The van der Waals surface area contributed by atoms with Crippen LogP contribution in [-0.2, 0) is 19.2 Å². The van der Waals surface area contributed by atoms with Crippen LogP contribution in [0.25, 0.3) is 0 Å². The number of rotatable bonds is 4. The third kappa shape index (κ3) is 5.16. The number of benzene rings is 2. The number of para-hydroxylation sites is 1. The standard InChI is InChI=1S/C24H24N4O5/c1-16-14-27(15-17(2)32-16)23(30)20(25-22(29)18-9-5-3-6-10-18)13-21-24(31)33-26-28(21)19-11-7-4-8-12-19/h3-13,16-17,26H,14-15H2,1-2H3/b21-13+,25-20?. The summed E-state index contributed by atoms with van der Waals surface area (Å²) >= 11 is 0. The molecule has 9 nitrogen and oxygen atoms in total. The van der Waals surface area contributed by atoms with Gasteiger partial charge in [0.25, 0.3) is 11.8 Å². The lowest BCUT2D eigenvalue weighted by molar-refractivity contribution is -0.140. The maximum Gasteiger partial charge on any atom is 0.376 e. The van der Waals surface area contributed by atoms with Crippen molar-refractivity contribution in [2.45, 2.75) is 26.1 Å². The van der Waals surface area contributed by atoms with Gasteiger partial charge in [-0.2, -0.15) is 0 Å². The molecule has 0 saturated carbocycles. The van der Waals surface area contributed by atoms with Gasteiger partial charge in [0.1, 0.15) is 5.71 Å². The van der Waals surface area contributed by atoms with Crippen LogP contribution >= 0.6 is 0 Å². The molecule has 4 rings (SSSR count). The first kappa shape index (κ1) is 22.4. The maximum atomic E-state index is 13.4. The second-order valence-electron chi connectivity index (χ2n) is 7.82. The van der Waals surface area contributed by atoms with Crippen molar-refractivity contribution < 1.29 is 24.0 Å². The highest BCUT2D eigenvalue weighted by Crippen LogP contribution is 2.22. The second kappa shape index (κ2) is 9.76. The van der Waals surface area contributed by atoms with E-state index in [1.807, 2.05) is 19.9 Å². The minimum absolute atomic E-state index is 0.0310. The molecular formula is C24H24N4O5. The molecule has 2 aliphatic heterocycles. The molecule has 2 aromatic carbocycles. The van der Waals surface area contributed by atoms with Crippen LogP contribution in [0.15, 0.2) is 77.4 Å². The number of aliphatic imine (C=N–C) groups is 1. The first-order valence-corrected chi connectivity index (χ1v) is 10.6. The Morgan fingerprint density at radius 1 is 1.00 bits per heavy atom. The summed E-state index contributed by atoms with van der Waals surface area (Å²) in [6.45, 7) is 4.43. The van der Waals surface area contributed by atoms with E-state index < -0.39 is 17.8 Å². The topological polar surface area (TPSA) is 101 Å². The summed E-state index contributed by atoms with van der Waals surface area (Å²) in [5.74, 6) is -1.76. The Labute approximate surface area is 191 Å². The first-order chi connectivity index (χ1) is 15.9. The average molecular weight is 448 g/mol. The normalized spacial score (nSPS) is 22.4. The number of morpholine rings is 1. The Hall–Kier alpha value is -3.82. The molecule has 0 bridgehead atoms. The van der Waals surface area contributed by atoms with E-state index in [1.165, 1.54) is 11.1 Å². The van der Waals surface area contributed by atoms with E-state index in [2.05, 4.69) is 10.6 Å². The van der Waals surface area contributed by atoms with E-state index in [-0.39, 0.29) is 23.6 Å². The number of nitrogens with one attached hydrogen (secondary N) is 1. The molecule has 0 spiro atoms. The third-order valence-electron chi connectivity index (χ3n) is 5.14. The van der Waals surface area contributed by atoms with Crippen LogP contribution in [0.4, 0.5) is 5.69 Å². The van der Waals surface area contributed by atoms with Gasteiger partial charge < -0.3 is 14.5 Å². The largest absolute Gasteiger partial charge is 0.376 e. The summed E-state index contributed by atoms with van der Waals surface area (Å²) in [7, 11) is 0. The molecule has 2 saturated heterocycles.